The molecule has 29 heavy (non-hydrogen) atoms. The van der Waals surface area contributed by atoms with Crippen LogP contribution >= 0.6 is 0 Å². The van der Waals surface area contributed by atoms with Gasteiger partial charge in [-0.2, -0.15) is 0 Å². The number of amides is 2. The van der Waals surface area contributed by atoms with Crippen LogP contribution in [-0.4, -0.2) is 35.0 Å². The van der Waals surface area contributed by atoms with Crippen molar-refractivity contribution in [3.8, 4) is 5.75 Å². The number of fused-ring (bicyclic) bond motifs is 1. The number of carbonyl (C=O) groups is 2. The molecule has 3 aromatic rings. The molecular formula is C22H26N4O3. The molecule has 0 aliphatic carbocycles. The van der Waals surface area contributed by atoms with Crippen LogP contribution in [0.4, 0.5) is 0 Å². The minimum atomic E-state index is -0.394. The molecular weight excluding hydrogens is 368 g/mol. The van der Waals surface area contributed by atoms with Crippen LogP contribution in [0.3, 0.4) is 0 Å². The van der Waals surface area contributed by atoms with Gasteiger partial charge in [-0.15, -0.1) is 0 Å². The van der Waals surface area contributed by atoms with E-state index in [0.29, 0.717) is 13.1 Å². The van der Waals surface area contributed by atoms with Crippen LogP contribution in [0.1, 0.15) is 30.8 Å². The van der Waals surface area contributed by atoms with Crippen molar-refractivity contribution in [3.63, 3.8) is 0 Å². The van der Waals surface area contributed by atoms with Gasteiger partial charge in [0.15, 0.2) is 0 Å². The van der Waals surface area contributed by atoms with Gasteiger partial charge in [0.05, 0.1) is 30.6 Å². The Labute approximate surface area is 170 Å². The van der Waals surface area contributed by atoms with Gasteiger partial charge in [0.25, 0.3) is 0 Å². The molecule has 2 aromatic carbocycles. The van der Waals surface area contributed by atoms with E-state index in [0.717, 1.165) is 28.2 Å². The summed E-state index contributed by atoms with van der Waals surface area (Å²) in [6.45, 7) is 4.51. The summed E-state index contributed by atoms with van der Waals surface area (Å²) in [5.74, 6) is 1.33. The topological polar surface area (TPSA) is 85.2 Å². The first-order valence-corrected chi connectivity index (χ1v) is 9.57. The second-order valence-corrected chi connectivity index (χ2v) is 6.88. The molecule has 3 rings (SSSR count). The molecule has 0 saturated heterocycles. The lowest BCUT2D eigenvalue weighted by molar-refractivity contribution is -0.122. The molecule has 0 bridgehead atoms. The highest BCUT2D eigenvalue weighted by atomic mass is 16.5. The highest BCUT2D eigenvalue weighted by molar-refractivity contribution is 5.79. The van der Waals surface area contributed by atoms with E-state index >= 15 is 0 Å². The molecule has 7 heteroatoms. The Bertz CT molecular complexity index is 995. The Kier molecular flexibility index (Phi) is 6.49. The maximum atomic E-state index is 12.5. The van der Waals surface area contributed by atoms with Crippen LogP contribution in [0.2, 0.25) is 0 Å². The van der Waals surface area contributed by atoms with Crippen LogP contribution < -0.4 is 15.4 Å². The number of para-hydroxylation sites is 2. The van der Waals surface area contributed by atoms with Crippen LogP contribution in [0.25, 0.3) is 11.0 Å². The first-order chi connectivity index (χ1) is 14.0. The summed E-state index contributed by atoms with van der Waals surface area (Å²) in [6, 6.07) is 14.9. The van der Waals surface area contributed by atoms with Crippen LogP contribution in [0, 0.1) is 6.92 Å². The van der Waals surface area contributed by atoms with E-state index in [1.165, 1.54) is 6.92 Å². The summed E-state index contributed by atoms with van der Waals surface area (Å²) in [7, 11) is 1.60. The molecule has 1 heterocycles. The Morgan fingerprint density at radius 2 is 1.86 bits per heavy atom. The first kappa shape index (κ1) is 20.4. The van der Waals surface area contributed by atoms with E-state index in [-0.39, 0.29) is 18.2 Å². The van der Waals surface area contributed by atoms with Gasteiger partial charge in [-0.25, -0.2) is 4.98 Å². The highest BCUT2D eigenvalue weighted by Gasteiger charge is 2.17. The average molecular weight is 394 g/mol. The molecule has 152 valence electrons. The number of ether oxygens (including phenoxy) is 1. The highest BCUT2D eigenvalue weighted by Crippen LogP contribution is 2.20. The SMILES string of the molecule is COc1ccc([C@H](CC(=O)NCCn2c(C)nc3ccccc32)NC(C)=O)cc1. The number of benzene rings is 2. The molecule has 0 unspecified atom stereocenters. The molecule has 1 atom stereocenters. The summed E-state index contributed by atoms with van der Waals surface area (Å²) in [5, 5.41) is 5.79. The fourth-order valence-electron chi connectivity index (χ4n) is 3.38. The lowest BCUT2D eigenvalue weighted by atomic mass is 10.0. The number of aryl methyl sites for hydroxylation is 1. The molecule has 2 N–H and O–H groups in total. The largest absolute Gasteiger partial charge is 0.497 e. The predicted octanol–water partition coefficient (Wildman–Crippen LogP) is 2.74. The third-order valence-electron chi connectivity index (χ3n) is 4.79. The Balaban J connectivity index is 1.60. The summed E-state index contributed by atoms with van der Waals surface area (Å²) < 4.78 is 7.25. The Morgan fingerprint density at radius 3 is 2.55 bits per heavy atom. The Morgan fingerprint density at radius 1 is 1.14 bits per heavy atom. The van der Waals surface area contributed by atoms with Crippen molar-refractivity contribution in [2.75, 3.05) is 13.7 Å². The second-order valence-electron chi connectivity index (χ2n) is 6.88. The number of imidazole rings is 1. The molecule has 7 nitrogen and oxygen atoms in total. The van der Waals surface area contributed by atoms with Gasteiger partial charge in [-0.05, 0) is 36.8 Å². The molecule has 0 aliphatic heterocycles. The van der Waals surface area contributed by atoms with Gasteiger partial charge < -0.3 is 19.9 Å². The fourth-order valence-corrected chi connectivity index (χ4v) is 3.38. The van der Waals surface area contributed by atoms with Gasteiger partial charge in [0, 0.05) is 20.0 Å². The third-order valence-corrected chi connectivity index (χ3v) is 4.79. The zero-order valence-corrected chi connectivity index (χ0v) is 16.9. The van der Waals surface area contributed by atoms with E-state index in [1.807, 2.05) is 55.5 Å². The van der Waals surface area contributed by atoms with Gasteiger partial charge in [0.1, 0.15) is 11.6 Å². The number of rotatable bonds is 8. The zero-order chi connectivity index (χ0) is 20.8. The maximum absolute atomic E-state index is 12.5. The number of nitrogens with zero attached hydrogens (tertiary/aromatic N) is 2. The normalized spacial score (nSPS) is 11.8. The van der Waals surface area contributed by atoms with E-state index < -0.39 is 6.04 Å². The van der Waals surface area contributed by atoms with Crippen molar-refractivity contribution in [1.82, 2.24) is 20.2 Å². The lowest BCUT2D eigenvalue weighted by Crippen LogP contribution is -2.34. The van der Waals surface area contributed by atoms with Crippen molar-refractivity contribution in [1.29, 1.82) is 0 Å². The summed E-state index contributed by atoms with van der Waals surface area (Å²) in [4.78, 5) is 28.6. The molecule has 0 spiro atoms. The summed E-state index contributed by atoms with van der Waals surface area (Å²) in [5.41, 5.74) is 2.85. The molecule has 2 amide bonds. The zero-order valence-electron chi connectivity index (χ0n) is 16.9. The van der Waals surface area contributed by atoms with E-state index in [1.54, 1.807) is 7.11 Å². The number of methoxy groups -OCH3 is 1. The van der Waals surface area contributed by atoms with E-state index in [4.69, 9.17) is 4.74 Å². The minimum Gasteiger partial charge on any atom is -0.497 e. The monoisotopic (exact) mass is 394 g/mol. The standard InChI is InChI=1S/C22H26N4O3/c1-15-24-19-6-4-5-7-21(19)26(15)13-12-23-22(28)14-20(25-16(2)27)17-8-10-18(29-3)11-9-17/h4-11,20H,12-14H2,1-3H3,(H,23,28)(H,25,27)/t20-/m0/s1. The number of nitrogens with one attached hydrogen (secondary N) is 2. The quantitative estimate of drug-likeness (QED) is 0.615. The lowest BCUT2D eigenvalue weighted by Gasteiger charge is -2.18. The summed E-state index contributed by atoms with van der Waals surface area (Å²) in [6.07, 6.45) is 0.162. The van der Waals surface area contributed by atoms with Crippen molar-refractivity contribution in [2.24, 2.45) is 0 Å². The third kappa shape index (κ3) is 5.13. The van der Waals surface area contributed by atoms with E-state index in [2.05, 4.69) is 20.2 Å². The number of hydrogen-bond acceptors (Lipinski definition) is 4. The first-order valence-electron chi connectivity index (χ1n) is 9.57. The second kappa shape index (κ2) is 9.23. The van der Waals surface area contributed by atoms with E-state index in [9.17, 15) is 9.59 Å². The summed E-state index contributed by atoms with van der Waals surface area (Å²) >= 11 is 0. The molecule has 0 aliphatic rings. The number of carbonyl (C=O) groups excluding carboxylic acids is 2. The molecule has 0 fully saturated rings. The van der Waals surface area contributed by atoms with Gasteiger partial charge in [0.2, 0.25) is 11.8 Å². The smallest absolute Gasteiger partial charge is 0.222 e. The van der Waals surface area contributed by atoms with Crippen LogP contribution in [0.5, 0.6) is 5.75 Å². The van der Waals surface area contributed by atoms with Crippen molar-refractivity contribution in [3.05, 3.63) is 59.9 Å². The van der Waals surface area contributed by atoms with Crippen molar-refractivity contribution >= 4 is 22.8 Å². The maximum Gasteiger partial charge on any atom is 0.222 e. The van der Waals surface area contributed by atoms with Gasteiger partial charge in [-0.3, -0.25) is 9.59 Å². The van der Waals surface area contributed by atoms with Crippen LogP contribution in [0.15, 0.2) is 48.5 Å². The van der Waals surface area contributed by atoms with Gasteiger partial charge >= 0.3 is 0 Å². The average Bonchev–Trinajstić information content (AvgIpc) is 3.02. The molecule has 0 radical (unpaired) electrons. The molecule has 1 aromatic heterocycles. The minimum absolute atomic E-state index is 0.123. The molecule has 0 saturated carbocycles. The van der Waals surface area contributed by atoms with Gasteiger partial charge in [-0.1, -0.05) is 24.3 Å². The van der Waals surface area contributed by atoms with Crippen molar-refractivity contribution < 1.29 is 14.3 Å². The Hall–Kier alpha value is -3.35. The van der Waals surface area contributed by atoms with Crippen LogP contribution in [-0.2, 0) is 16.1 Å². The number of aromatic nitrogens is 2. The fraction of sp³-hybridized carbons (Fsp3) is 0.318. The van der Waals surface area contributed by atoms with Crippen molar-refractivity contribution in [2.45, 2.75) is 32.9 Å². The predicted molar refractivity (Wildman–Crippen MR) is 112 cm³/mol. The number of hydrogen-bond donors (Lipinski definition) is 2.